The second-order valence-electron chi connectivity index (χ2n) is 4.42. The van der Waals surface area contributed by atoms with Crippen molar-refractivity contribution >= 4 is 0 Å². The molecule has 2 rings (SSSR count). The molecule has 0 saturated carbocycles. The number of nitrogens with zero attached hydrogens (tertiary/aromatic N) is 1. The Morgan fingerprint density at radius 2 is 1.63 bits per heavy atom. The second kappa shape index (κ2) is 6.76. The third kappa shape index (κ3) is 3.70. The summed E-state index contributed by atoms with van der Waals surface area (Å²) in [5.41, 5.74) is 2.44. The van der Waals surface area contributed by atoms with Crippen molar-refractivity contribution in [2.75, 3.05) is 0 Å². The van der Waals surface area contributed by atoms with Gasteiger partial charge in [0.1, 0.15) is 6.26 Å². The molecular weight excluding hydrogens is 234 g/mol. The maximum Gasteiger partial charge on any atom is 0.104 e. The molecule has 0 spiro atoms. The Morgan fingerprint density at radius 1 is 1.05 bits per heavy atom. The average Bonchev–Trinajstić information content (AvgIpc) is 2.48. The minimum Gasteiger partial charge on any atom is -0.414 e. The van der Waals surface area contributed by atoms with Crippen molar-refractivity contribution in [3.8, 4) is 0 Å². The van der Waals surface area contributed by atoms with E-state index in [1.807, 2.05) is 41.5 Å². The molecule has 2 aromatic rings. The van der Waals surface area contributed by atoms with E-state index < -0.39 is 0 Å². The largest absolute Gasteiger partial charge is 0.414 e. The van der Waals surface area contributed by atoms with E-state index in [2.05, 4.69) is 37.8 Å². The summed E-state index contributed by atoms with van der Waals surface area (Å²) in [6, 6.07) is 20.8. The van der Waals surface area contributed by atoms with Gasteiger partial charge in [0.15, 0.2) is 0 Å². The highest BCUT2D eigenvalue weighted by atomic mass is 16.7. The van der Waals surface area contributed by atoms with Crippen molar-refractivity contribution < 1.29 is 4.84 Å². The van der Waals surface area contributed by atoms with Crippen molar-refractivity contribution in [2.45, 2.75) is 19.5 Å². The normalized spacial score (nSPS) is 12.1. The fraction of sp³-hybridized carbons (Fsp3) is 0.176. The minimum absolute atomic E-state index is 0.166. The van der Waals surface area contributed by atoms with E-state index in [1.165, 1.54) is 17.4 Å². The van der Waals surface area contributed by atoms with E-state index in [0.717, 1.165) is 6.54 Å². The van der Waals surface area contributed by atoms with Crippen molar-refractivity contribution in [3.05, 3.63) is 84.6 Å². The quantitative estimate of drug-likeness (QED) is 0.561. The van der Waals surface area contributed by atoms with E-state index in [9.17, 15) is 0 Å². The Balaban J connectivity index is 2.13. The SMILES string of the molecule is C=CON(Cc1ccccc1)[C@H](C)c1ccccc1. The minimum atomic E-state index is 0.166. The molecule has 0 heterocycles. The summed E-state index contributed by atoms with van der Waals surface area (Å²) >= 11 is 0. The number of hydrogen-bond donors (Lipinski definition) is 0. The molecule has 0 aliphatic heterocycles. The third-order valence-electron chi connectivity index (χ3n) is 3.11. The summed E-state index contributed by atoms with van der Waals surface area (Å²) in [4.78, 5) is 5.56. The zero-order valence-electron chi connectivity index (χ0n) is 11.2. The predicted octanol–water partition coefficient (Wildman–Crippen LogP) is 4.32. The Bertz CT molecular complexity index is 495. The van der Waals surface area contributed by atoms with Crippen LogP contribution in [0.4, 0.5) is 0 Å². The van der Waals surface area contributed by atoms with Gasteiger partial charge in [-0.25, -0.2) is 0 Å². The van der Waals surface area contributed by atoms with Gasteiger partial charge in [-0.1, -0.05) is 67.2 Å². The molecule has 0 aliphatic carbocycles. The van der Waals surface area contributed by atoms with Crippen LogP contribution in [-0.2, 0) is 11.4 Å². The molecule has 98 valence electrons. The Hall–Kier alpha value is -2.06. The molecule has 0 fully saturated rings. The summed E-state index contributed by atoms with van der Waals surface area (Å²) in [6.07, 6.45) is 1.47. The van der Waals surface area contributed by atoms with Crippen LogP contribution in [0.5, 0.6) is 0 Å². The summed E-state index contributed by atoms with van der Waals surface area (Å²) < 4.78 is 0. The van der Waals surface area contributed by atoms with Crippen molar-refractivity contribution in [2.24, 2.45) is 0 Å². The van der Waals surface area contributed by atoms with Gasteiger partial charge in [-0.15, -0.1) is 5.06 Å². The van der Waals surface area contributed by atoms with Crippen LogP contribution in [0.3, 0.4) is 0 Å². The van der Waals surface area contributed by atoms with E-state index >= 15 is 0 Å². The molecule has 0 unspecified atom stereocenters. The second-order valence-corrected chi connectivity index (χ2v) is 4.42. The van der Waals surface area contributed by atoms with E-state index in [-0.39, 0.29) is 6.04 Å². The lowest BCUT2D eigenvalue weighted by atomic mass is 10.1. The highest BCUT2D eigenvalue weighted by molar-refractivity contribution is 5.19. The van der Waals surface area contributed by atoms with Gasteiger partial charge in [0.2, 0.25) is 0 Å². The highest BCUT2D eigenvalue weighted by Crippen LogP contribution is 2.22. The first-order valence-electron chi connectivity index (χ1n) is 6.44. The lowest BCUT2D eigenvalue weighted by molar-refractivity contribution is -0.141. The van der Waals surface area contributed by atoms with Crippen LogP contribution in [0.15, 0.2) is 73.5 Å². The molecule has 2 heteroatoms. The first-order valence-corrected chi connectivity index (χ1v) is 6.44. The summed E-state index contributed by atoms with van der Waals surface area (Å²) in [7, 11) is 0. The van der Waals surface area contributed by atoms with Crippen LogP contribution in [0.1, 0.15) is 24.1 Å². The van der Waals surface area contributed by atoms with Crippen molar-refractivity contribution in [1.82, 2.24) is 5.06 Å². The molecule has 0 bridgehead atoms. The average molecular weight is 253 g/mol. The monoisotopic (exact) mass is 253 g/mol. The number of rotatable bonds is 6. The lowest BCUT2D eigenvalue weighted by Gasteiger charge is -2.27. The number of hydrogen-bond acceptors (Lipinski definition) is 2. The van der Waals surface area contributed by atoms with Crippen LogP contribution < -0.4 is 0 Å². The molecule has 1 atom stereocenters. The molecule has 0 N–H and O–H groups in total. The molecule has 0 radical (unpaired) electrons. The van der Waals surface area contributed by atoms with Gasteiger partial charge in [0.05, 0.1) is 12.6 Å². The first-order chi connectivity index (χ1) is 9.31. The van der Waals surface area contributed by atoms with E-state index in [4.69, 9.17) is 4.84 Å². The Morgan fingerprint density at radius 3 is 2.21 bits per heavy atom. The highest BCUT2D eigenvalue weighted by Gasteiger charge is 2.16. The molecule has 2 nitrogen and oxygen atoms in total. The number of hydroxylamine groups is 2. The van der Waals surface area contributed by atoms with Gasteiger partial charge in [-0.2, -0.15) is 0 Å². The van der Waals surface area contributed by atoms with Crippen molar-refractivity contribution in [1.29, 1.82) is 0 Å². The van der Waals surface area contributed by atoms with Gasteiger partial charge in [0.25, 0.3) is 0 Å². The van der Waals surface area contributed by atoms with Gasteiger partial charge in [-0.05, 0) is 18.1 Å². The smallest absolute Gasteiger partial charge is 0.104 e. The molecule has 0 aromatic heterocycles. The molecular formula is C17H19NO. The van der Waals surface area contributed by atoms with E-state index in [0.29, 0.717) is 0 Å². The van der Waals surface area contributed by atoms with Gasteiger partial charge < -0.3 is 4.84 Å². The standard InChI is InChI=1S/C17H19NO/c1-3-19-18(14-16-10-6-4-7-11-16)15(2)17-12-8-5-9-13-17/h3-13,15H,1,14H2,2H3/t15-/m1/s1. The van der Waals surface area contributed by atoms with Crippen LogP contribution >= 0.6 is 0 Å². The van der Waals surface area contributed by atoms with Gasteiger partial charge >= 0.3 is 0 Å². The van der Waals surface area contributed by atoms with Crippen LogP contribution in [0.25, 0.3) is 0 Å². The van der Waals surface area contributed by atoms with Crippen molar-refractivity contribution in [3.63, 3.8) is 0 Å². The van der Waals surface area contributed by atoms with Crippen LogP contribution in [0.2, 0.25) is 0 Å². The molecule has 2 aromatic carbocycles. The topological polar surface area (TPSA) is 12.5 Å². The van der Waals surface area contributed by atoms with Crippen LogP contribution in [-0.4, -0.2) is 5.06 Å². The lowest BCUT2D eigenvalue weighted by Crippen LogP contribution is -2.25. The third-order valence-corrected chi connectivity index (χ3v) is 3.11. The summed E-state index contributed by atoms with van der Waals surface area (Å²) in [6.45, 7) is 6.51. The zero-order valence-corrected chi connectivity index (χ0v) is 11.2. The first kappa shape index (κ1) is 13.4. The number of benzene rings is 2. The molecule has 0 aliphatic rings. The maximum atomic E-state index is 5.56. The zero-order chi connectivity index (χ0) is 13.5. The Labute approximate surface area is 114 Å². The van der Waals surface area contributed by atoms with Crippen LogP contribution in [0, 0.1) is 0 Å². The maximum absolute atomic E-state index is 5.56. The van der Waals surface area contributed by atoms with Gasteiger partial charge in [-0.3, -0.25) is 0 Å². The predicted molar refractivity (Wildman–Crippen MR) is 78.1 cm³/mol. The fourth-order valence-corrected chi connectivity index (χ4v) is 2.02. The molecule has 0 saturated heterocycles. The fourth-order valence-electron chi connectivity index (χ4n) is 2.02. The van der Waals surface area contributed by atoms with Gasteiger partial charge in [0, 0.05) is 0 Å². The molecule has 19 heavy (non-hydrogen) atoms. The summed E-state index contributed by atoms with van der Waals surface area (Å²) in [5.74, 6) is 0. The summed E-state index contributed by atoms with van der Waals surface area (Å²) in [5, 5.41) is 1.93. The molecule has 0 amide bonds. The Kier molecular flexibility index (Phi) is 4.76. The van der Waals surface area contributed by atoms with E-state index in [1.54, 1.807) is 0 Å².